The quantitative estimate of drug-likeness (QED) is 0.423. The predicted octanol–water partition coefficient (Wildman–Crippen LogP) is 5.63. The fourth-order valence-corrected chi connectivity index (χ4v) is 4.54. The van der Waals surface area contributed by atoms with E-state index in [9.17, 15) is 8.42 Å². The molecule has 0 N–H and O–H groups in total. The summed E-state index contributed by atoms with van der Waals surface area (Å²) in [6.45, 7) is 2.06. The number of benzene rings is 2. The van der Waals surface area contributed by atoms with Crippen molar-refractivity contribution in [2.24, 2.45) is 0 Å². The van der Waals surface area contributed by atoms with Crippen molar-refractivity contribution in [3.8, 4) is 27.5 Å². The first-order chi connectivity index (χ1) is 13.3. The first-order valence-corrected chi connectivity index (χ1v) is 11.7. The number of hydrogen-bond acceptors (Lipinski definition) is 4. The van der Waals surface area contributed by atoms with Gasteiger partial charge in [-0.25, -0.2) is 13.1 Å². The number of sulfone groups is 1. The highest BCUT2D eigenvalue weighted by Gasteiger charge is 2.15. The van der Waals surface area contributed by atoms with Gasteiger partial charge in [0.05, 0.1) is 21.2 Å². The van der Waals surface area contributed by atoms with Crippen molar-refractivity contribution >= 4 is 32.8 Å². The predicted molar refractivity (Wildman–Crippen MR) is 115 cm³/mol. The van der Waals surface area contributed by atoms with Crippen LogP contribution in [-0.4, -0.2) is 24.5 Å². The number of hydrogen-bond donors (Lipinski definition) is 0. The Hall–Kier alpha value is -2.41. The Morgan fingerprint density at radius 2 is 1.68 bits per heavy atom. The lowest BCUT2D eigenvalue weighted by Crippen LogP contribution is -2.01. The van der Waals surface area contributed by atoms with E-state index >= 15 is 0 Å². The van der Waals surface area contributed by atoms with Gasteiger partial charge in [-0.3, -0.25) is 0 Å². The molecule has 4 aromatic rings. The third-order valence-electron chi connectivity index (χ3n) is 4.34. The molecule has 2 aromatic heterocycles. The van der Waals surface area contributed by atoms with E-state index in [1.165, 1.54) is 11.8 Å². The highest BCUT2D eigenvalue weighted by Crippen LogP contribution is 2.32. The molecule has 142 valence electrons. The van der Waals surface area contributed by atoms with E-state index in [1.54, 1.807) is 35.6 Å². The van der Waals surface area contributed by atoms with Crippen molar-refractivity contribution in [1.29, 1.82) is 0 Å². The molecule has 2 heterocycles. The molecule has 0 radical (unpaired) electrons. The molecule has 0 saturated heterocycles. The second kappa shape index (κ2) is 7.20. The van der Waals surface area contributed by atoms with Crippen molar-refractivity contribution in [3.05, 3.63) is 76.6 Å². The van der Waals surface area contributed by atoms with Gasteiger partial charge in [-0.05, 0) is 66.4 Å². The molecular weight excluding hydrogens is 412 g/mol. The standard InChI is InChI=1S/C21H17ClN2O2S2/c1-14-11-21(27-13-14)19-12-20(15-3-5-16(22)6-4-15)24(23-19)17-7-9-18(10-8-17)28(2,25)26/h3-13H,1-2H3. The minimum atomic E-state index is -3.25. The van der Waals surface area contributed by atoms with Gasteiger partial charge >= 0.3 is 0 Å². The van der Waals surface area contributed by atoms with Crippen molar-refractivity contribution < 1.29 is 8.42 Å². The maximum Gasteiger partial charge on any atom is 0.175 e. The molecule has 0 saturated carbocycles. The largest absolute Gasteiger partial charge is 0.232 e. The lowest BCUT2D eigenvalue weighted by atomic mass is 10.1. The number of halogens is 1. The van der Waals surface area contributed by atoms with E-state index < -0.39 is 9.84 Å². The van der Waals surface area contributed by atoms with Crippen LogP contribution >= 0.6 is 22.9 Å². The van der Waals surface area contributed by atoms with Crippen molar-refractivity contribution in [2.45, 2.75) is 11.8 Å². The van der Waals surface area contributed by atoms with E-state index in [1.807, 2.05) is 35.0 Å². The van der Waals surface area contributed by atoms with Crippen LogP contribution in [0.15, 0.2) is 70.9 Å². The summed E-state index contributed by atoms with van der Waals surface area (Å²) < 4.78 is 25.4. The molecular formula is C21H17ClN2O2S2. The zero-order chi connectivity index (χ0) is 19.9. The average molecular weight is 429 g/mol. The van der Waals surface area contributed by atoms with E-state index in [2.05, 4.69) is 18.4 Å². The lowest BCUT2D eigenvalue weighted by molar-refractivity contribution is 0.602. The number of aromatic nitrogens is 2. The molecule has 4 rings (SSSR count). The van der Waals surface area contributed by atoms with E-state index in [0.29, 0.717) is 5.02 Å². The topological polar surface area (TPSA) is 52.0 Å². The van der Waals surface area contributed by atoms with Crippen LogP contribution in [0.4, 0.5) is 0 Å². The molecule has 0 aliphatic carbocycles. The SMILES string of the molecule is Cc1csc(-c2cc(-c3ccc(Cl)cc3)n(-c3ccc(S(C)(=O)=O)cc3)n2)c1. The number of rotatable bonds is 4. The second-order valence-corrected chi connectivity index (χ2v) is 9.95. The fraction of sp³-hybridized carbons (Fsp3) is 0.0952. The normalized spacial score (nSPS) is 11.7. The molecule has 4 nitrogen and oxygen atoms in total. The maximum absolute atomic E-state index is 11.8. The highest BCUT2D eigenvalue weighted by molar-refractivity contribution is 7.90. The van der Waals surface area contributed by atoms with Gasteiger partial charge < -0.3 is 0 Å². The first kappa shape index (κ1) is 18.9. The molecule has 0 fully saturated rings. The van der Waals surface area contributed by atoms with Crippen molar-refractivity contribution in [1.82, 2.24) is 9.78 Å². The molecule has 0 spiro atoms. The number of nitrogens with zero attached hydrogens (tertiary/aromatic N) is 2. The van der Waals surface area contributed by atoms with Gasteiger partial charge in [0, 0.05) is 16.8 Å². The van der Waals surface area contributed by atoms with Gasteiger partial charge in [0.2, 0.25) is 0 Å². The van der Waals surface area contributed by atoms with Gasteiger partial charge in [-0.2, -0.15) is 5.10 Å². The second-order valence-electron chi connectivity index (χ2n) is 6.59. The summed E-state index contributed by atoms with van der Waals surface area (Å²) in [6.07, 6.45) is 1.20. The molecule has 0 amide bonds. The third-order valence-corrected chi connectivity index (χ3v) is 6.79. The van der Waals surface area contributed by atoms with E-state index in [0.717, 1.165) is 27.5 Å². The van der Waals surface area contributed by atoms with Crippen LogP contribution in [0.3, 0.4) is 0 Å². The minimum absolute atomic E-state index is 0.283. The Balaban J connectivity index is 1.87. The summed E-state index contributed by atoms with van der Waals surface area (Å²) in [5.41, 5.74) is 4.74. The van der Waals surface area contributed by atoms with Gasteiger partial charge in [0.1, 0.15) is 5.69 Å². The van der Waals surface area contributed by atoms with E-state index in [-0.39, 0.29) is 4.90 Å². The fourth-order valence-electron chi connectivity index (χ4n) is 2.92. The van der Waals surface area contributed by atoms with Crippen LogP contribution in [0, 0.1) is 6.92 Å². The Morgan fingerprint density at radius 3 is 2.25 bits per heavy atom. The molecule has 28 heavy (non-hydrogen) atoms. The summed E-state index contributed by atoms with van der Waals surface area (Å²) in [6, 6.07) is 18.5. The van der Waals surface area contributed by atoms with Gasteiger partial charge in [-0.15, -0.1) is 11.3 Å². The first-order valence-electron chi connectivity index (χ1n) is 8.53. The summed E-state index contributed by atoms with van der Waals surface area (Å²) >= 11 is 7.69. The maximum atomic E-state index is 11.8. The van der Waals surface area contributed by atoms with Crippen molar-refractivity contribution in [2.75, 3.05) is 6.26 Å². The summed E-state index contributed by atoms with van der Waals surface area (Å²) in [5.74, 6) is 0. The zero-order valence-corrected chi connectivity index (χ0v) is 17.6. The monoisotopic (exact) mass is 428 g/mol. The van der Waals surface area contributed by atoms with Crippen LogP contribution < -0.4 is 0 Å². The smallest absolute Gasteiger partial charge is 0.175 e. The van der Waals surface area contributed by atoms with Crippen LogP contribution in [0.25, 0.3) is 27.5 Å². The molecule has 0 aliphatic rings. The summed E-state index contributed by atoms with van der Waals surface area (Å²) in [7, 11) is -3.25. The minimum Gasteiger partial charge on any atom is -0.232 e. The number of aryl methyl sites for hydroxylation is 1. The van der Waals surface area contributed by atoms with Crippen LogP contribution in [-0.2, 0) is 9.84 Å². The average Bonchev–Trinajstić information content (AvgIpc) is 3.28. The van der Waals surface area contributed by atoms with Gasteiger partial charge in [-0.1, -0.05) is 23.7 Å². The summed E-state index contributed by atoms with van der Waals surface area (Å²) in [5, 5.41) is 7.56. The van der Waals surface area contributed by atoms with Gasteiger partial charge in [0.15, 0.2) is 9.84 Å². The molecule has 0 aliphatic heterocycles. The molecule has 0 atom stereocenters. The Bertz CT molecular complexity index is 1240. The molecule has 0 unspecified atom stereocenters. The zero-order valence-electron chi connectivity index (χ0n) is 15.3. The summed E-state index contributed by atoms with van der Waals surface area (Å²) in [4.78, 5) is 1.37. The highest BCUT2D eigenvalue weighted by atomic mass is 35.5. The number of thiophene rings is 1. The Labute approximate surface area is 173 Å². The van der Waals surface area contributed by atoms with Crippen LogP contribution in [0.5, 0.6) is 0 Å². The van der Waals surface area contributed by atoms with Crippen molar-refractivity contribution in [3.63, 3.8) is 0 Å². The lowest BCUT2D eigenvalue weighted by Gasteiger charge is -2.08. The third kappa shape index (κ3) is 3.76. The van der Waals surface area contributed by atoms with E-state index in [4.69, 9.17) is 16.7 Å². The van der Waals surface area contributed by atoms with Gasteiger partial charge in [0.25, 0.3) is 0 Å². The molecule has 2 aromatic carbocycles. The van der Waals surface area contributed by atoms with Crippen LogP contribution in [0.1, 0.15) is 5.56 Å². The molecule has 0 bridgehead atoms. The van der Waals surface area contributed by atoms with Crippen LogP contribution in [0.2, 0.25) is 5.02 Å². The molecule has 7 heteroatoms. The Kier molecular flexibility index (Phi) is 4.87. The Morgan fingerprint density at radius 1 is 1.00 bits per heavy atom.